The molecule has 21 heavy (non-hydrogen) atoms. The average molecular weight is 353 g/mol. The van der Waals surface area contributed by atoms with Crippen LogP contribution in [0.3, 0.4) is 0 Å². The molecule has 0 bridgehead atoms. The minimum Gasteiger partial charge on any atom is -0.395 e. The van der Waals surface area contributed by atoms with Crippen LogP contribution in [0.15, 0.2) is 46.9 Å². The molecule has 0 unspecified atom stereocenters. The van der Waals surface area contributed by atoms with Crippen LogP contribution >= 0.6 is 15.9 Å². The van der Waals surface area contributed by atoms with Crippen LogP contribution in [0.4, 0.5) is 4.39 Å². The lowest BCUT2D eigenvalue weighted by atomic mass is 9.76. The Morgan fingerprint density at radius 1 is 1.10 bits per heavy atom. The van der Waals surface area contributed by atoms with Gasteiger partial charge in [-0.15, -0.1) is 0 Å². The van der Waals surface area contributed by atoms with Crippen LogP contribution in [0, 0.1) is 12.7 Å². The molecular formula is C17H18BrFO2. The summed E-state index contributed by atoms with van der Waals surface area (Å²) in [6.45, 7) is 1.44. The van der Waals surface area contributed by atoms with E-state index in [1.165, 1.54) is 6.07 Å². The minimum atomic E-state index is -0.895. The third-order valence-electron chi connectivity index (χ3n) is 3.77. The molecule has 2 aromatic rings. The van der Waals surface area contributed by atoms with E-state index < -0.39 is 5.41 Å². The van der Waals surface area contributed by atoms with Crippen molar-refractivity contribution in [3.63, 3.8) is 0 Å². The number of hydrogen-bond donors (Lipinski definition) is 2. The molecule has 0 aliphatic rings. The van der Waals surface area contributed by atoms with Crippen LogP contribution in [-0.4, -0.2) is 23.4 Å². The normalized spacial score (nSPS) is 11.7. The first-order chi connectivity index (χ1) is 10.0. The second kappa shape index (κ2) is 6.69. The summed E-state index contributed by atoms with van der Waals surface area (Å²) >= 11 is 3.32. The van der Waals surface area contributed by atoms with E-state index >= 15 is 0 Å². The van der Waals surface area contributed by atoms with Gasteiger partial charge in [0.05, 0.1) is 13.2 Å². The number of hydrogen-bond acceptors (Lipinski definition) is 2. The minimum absolute atomic E-state index is 0.231. The molecule has 4 heteroatoms. The number of aryl methyl sites for hydroxylation is 1. The van der Waals surface area contributed by atoms with E-state index in [0.717, 1.165) is 15.6 Å². The lowest BCUT2D eigenvalue weighted by Gasteiger charge is -2.31. The van der Waals surface area contributed by atoms with Gasteiger partial charge in [-0.25, -0.2) is 4.39 Å². The quantitative estimate of drug-likeness (QED) is 0.866. The highest BCUT2D eigenvalue weighted by Gasteiger charge is 2.32. The molecule has 0 atom stereocenters. The largest absolute Gasteiger partial charge is 0.395 e. The van der Waals surface area contributed by atoms with Crippen LogP contribution in [0.25, 0.3) is 0 Å². The lowest BCUT2D eigenvalue weighted by molar-refractivity contribution is 0.115. The third kappa shape index (κ3) is 3.51. The summed E-state index contributed by atoms with van der Waals surface area (Å²) in [6.07, 6.45) is 0.231. The molecule has 2 aromatic carbocycles. The van der Waals surface area contributed by atoms with Crippen molar-refractivity contribution in [2.75, 3.05) is 13.2 Å². The van der Waals surface area contributed by atoms with Crippen molar-refractivity contribution in [1.82, 2.24) is 0 Å². The van der Waals surface area contributed by atoms with E-state index in [4.69, 9.17) is 0 Å². The van der Waals surface area contributed by atoms with E-state index in [1.807, 2.05) is 31.2 Å². The molecule has 0 spiro atoms. The molecule has 0 aliphatic heterocycles. The van der Waals surface area contributed by atoms with Gasteiger partial charge in [-0.2, -0.15) is 0 Å². The molecule has 0 aliphatic carbocycles. The van der Waals surface area contributed by atoms with Gasteiger partial charge < -0.3 is 10.2 Å². The van der Waals surface area contributed by atoms with E-state index in [2.05, 4.69) is 15.9 Å². The zero-order chi connectivity index (χ0) is 15.5. The van der Waals surface area contributed by atoms with Crippen molar-refractivity contribution in [1.29, 1.82) is 0 Å². The first kappa shape index (κ1) is 16.1. The number of halogens is 2. The fourth-order valence-electron chi connectivity index (χ4n) is 2.46. The van der Waals surface area contributed by atoms with E-state index in [9.17, 15) is 14.6 Å². The molecular weight excluding hydrogens is 335 g/mol. The molecule has 2 nitrogen and oxygen atoms in total. The molecule has 0 saturated heterocycles. The summed E-state index contributed by atoms with van der Waals surface area (Å²) in [7, 11) is 0. The van der Waals surface area contributed by atoms with Gasteiger partial charge in [-0.3, -0.25) is 0 Å². The Bertz CT molecular complexity index is 624. The highest BCUT2D eigenvalue weighted by atomic mass is 79.9. The van der Waals surface area contributed by atoms with Crippen LogP contribution in [0.2, 0.25) is 0 Å². The number of benzene rings is 2. The second-order valence-corrected chi connectivity index (χ2v) is 6.29. The highest BCUT2D eigenvalue weighted by molar-refractivity contribution is 9.10. The van der Waals surface area contributed by atoms with Crippen molar-refractivity contribution in [2.24, 2.45) is 0 Å². The highest BCUT2D eigenvalue weighted by Crippen LogP contribution is 2.30. The molecule has 0 heterocycles. The maximum absolute atomic E-state index is 14.0. The van der Waals surface area contributed by atoms with Crippen molar-refractivity contribution in [2.45, 2.75) is 18.8 Å². The molecule has 0 fully saturated rings. The molecule has 0 aromatic heterocycles. The molecule has 2 N–H and O–H groups in total. The van der Waals surface area contributed by atoms with Gasteiger partial charge >= 0.3 is 0 Å². The molecule has 0 radical (unpaired) electrons. The molecule has 0 saturated carbocycles. The van der Waals surface area contributed by atoms with Crippen molar-refractivity contribution < 1.29 is 14.6 Å². The van der Waals surface area contributed by atoms with Crippen LogP contribution in [-0.2, 0) is 11.8 Å². The predicted octanol–water partition coefficient (Wildman–Crippen LogP) is 3.36. The van der Waals surface area contributed by atoms with E-state index in [0.29, 0.717) is 5.56 Å². The Hall–Kier alpha value is -1.23. The van der Waals surface area contributed by atoms with Gasteiger partial charge in [0.1, 0.15) is 5.82 Å². The van der Waals surface area contributed by atoms with Crippen molar-refractivity contribution >= 4 is 15.9 Å². The maximum atomic E-state index is 14.0. The number of rotatable bonds is 5. The van der Waals surface area contributed by atoms with Crippen LogP contribution in [0.5, 0.6) is 0 Å². The first-order valence-electron chi connectivity index (χ1n) is 6.73. The Balaban J connectivity index is 2.45. The summed E-state index contributed by atoms with van der Waals surface area (Å²) < 4.78 is 14.8. The summed E-state index contributed by atoms with van der Waals surface area (Å²) in [5.41, 5.74) is 1.42. The first-order valence-corrected chi connectivity index (χ1v) is 7.53. The Kier molecular flexibility index (Phi) is 5.14. The van der Waals surface area contributed by atoms with Gasteiger partial charge in [-0.05, 0) is 42.7 Å². The third-order valence-corrected chi connectivity index (χ3v) is 4.27. The zero-order valence-corrected chi connectivity index (χ0v) is 13.4. The van der Waals surface area contributed by atoms with E-state index in [-0.39, 0.29) is 25.5 Å². The van der Waals surface area contributed by atoms with E-state index in [1.54, 1.807) is 12.1 Å². The predicted molar refractivity (Wildman–Crippen MR) is 84.8 cm³/mol. The monoisotopic (exact) mass is 352 g/mol. The van der Waals surface area contributed by atoms with Gasteiger partial charge in [0.2, 0.25) is 0 Å². The number of aliphatic hydroxyl groups excluding tert-OH is 2. The van der Waals surface area contributed by atoms with Gasteiger partial charge in [0.15, 0.2) is 0 Å². The smallest absolute Gasteiger partial charge is 0.126 e. The Morgan fingerprint density at radius 2 is 1.81 bits per heavy atom. The molecule has 0 amide bonds. The molecule has 112 valence electrons. The second-order valence-electron chi connectivity index (χ2n) is 5.38. The summed E-state index contributed by atoms with van der Waals surface area (Å²) in [5, 5.41) is 19.7. The fraction of sp³-hybridized carbons (Fsp3) is 0.294. The maximum Gasteiger partial charge on any atom is 0.126 e. The summed E-state index contributed by atoms with van der Waals surface area (Å²) in [5.74, 6) is -0.336. The van der Waals surface area contributed by atoms with Crippen molar-refractivity contribution in [3.05, 3.63) is 69.4 Å². The lowest BCUT2D eigenvalue weighted by Crippen LogP contribution is -2.37. The topological polar surface area (TPSA) is 40.5 Å². The Morgan fingerprint density at radius 3 is 2.43 bits per heavy atom. The van der Waals surface area contributed by atoms with Crippen molar-refractivity contribution in [3.8, 4) is 0 Å². The fourth-order valence-corrected chi connectivity index (χ4v) is 2.87. The van der Waals surface area contributed by atoms with Gasteiger partial charge in [0, 0.05) is 9.89 Å². The summed E-state index contributed by atoms with van der Waals surface area (Å²) in [6, 6.07) is 12.3. The summed E-state index contributed by atoms with van der Waals surface area (Å²) in [4.78, 5) is 0. The van der Waals surface area contributed by atoms with Crippen LogP contribution in [0.1, 0.15) is 16.7 Å². The van der Waals surface area contributed by atoms with Gasteiger partial charge in [-0.1, -0.05) is 45.8 Å². The Labute approximate surface area is 132 Å². The number of aliphatic hydroxyl groups is 2. The van der Waals surface area contributed by atoms with Crippen LogP contribution < -0.4 is 0 Å². The SMILES string of the molecule is Cc1cccc(C(CO)(CO)Cc2cc(Br)ccc2F)c1. The average Bonchev–Trinajstić information content (AvgIpc) is 2.48. The standard InChI is InChI=1S/C17H18BrFO2/c1-12-3-2-4-14(7-12)17(10-20,11-21)9-13-8-15(18)5-6-16(13)19/h2-8,20-21H,9-11H2,1H3. The molecule has 2 rings (SSSR count). The van der Waals surface area contributed by atoms with Gasteiger partial charge in [0.25, 0.3) is 0 Å². The zero-order valence-electron chi connectivity index (χ0n) is 11.8.